The van der Waals surface area contributed by atoms with E-state index in [0.29, 0.717) is 41.7 Å². The van der Waals surface area contributed by atoms with Gasteiger partial charge >= 0.3 is 0 Å². The Kier molecular flexibility index (Phi) is 5.93. The summed E-state index contributed by atoms with van der Waals surface area (Å²) in [6, 6.07) is 6.80. The van der Waals surface area contributed by atoms with Gasteiger partial charge in [-0.15, -0.1) is 10.2 Å². The molecule has 29 heavy (non-hydrogen) atoms. The first-order valence-corrected chi connectivity index (χ1v) is 12.2. The molecule has 0 atom stereocenters. The van der Waals surface area contributed by atoms with Crippen molar-refractivity contribution in [1.29, 1.82) is 0 Å². The number of nitrogens with one attached hydrogen (secondary N) is 1. The number of hydrogen-bond acceptors (Lipinski definition) is 7. The van der Waals surface area contributed by atoms with Crippen LogP contribution in [0.25, 0.3) is 11.5 Å². The van der Waals surface area contributed by atoms with Crippen LogP contribution in [0.2, 0.25) is 0 Å². The maximum Gasteiger partial charge on any atom is 0.277 e. The van der Waals surface area contributed by atoms with E-state index in [2.05, 4.69) is 22.4 Å². The molecule has 0 bridgehead atoms. The minimum atomic E-state index is -3.48. The zero-order valence-corrected chi connectivity index (χ0v) is 17.8. The second kappa shape index (κ2) is 8.45. The molecular weight excluding hydrogens is 412 g/mol. The zero-order chi connectivity index (χ0) is 20.4. The van der Waals surface area contributed by atoms with E-state index < -0.39 is 10.0 Å². The second-order valence-electron chi connectivity index (χ2n) is 7.61. The molecule has 0 spiro atoms. The van der Waals surface area contributed by atoms with Crippen LogP contribution in [0, 0.1) is 5.92 Å². The molecule has 0 unspecified atom stereocenters. The molecule has 2 aliphatic rings. The van der Waals surface area contributed by atoms with Crippen LogP contribution in [0.3, 0.4) is 0 Å². The number of carbonyl (C=O) groups is 1. The third-order valence-electron chi connectivity index (χ3n) is 5.16. The SMILES string of the molecule is CC1CCN(S(=O)(=O)c2ccc(-c3nnc(SCC(=O)NC4CC4)o3)cc2)CC1. The standard InChI is InChI=1S/C19H24N4O4S2/c1-13-8-10-23(11-9-13)29(25,26)16-6-2-14(3-7-16)18-21-22-19(27-18)28-12-17(24)20-15-4-5-15/h2-3,6-7,13,15H,4-5,8-12H2,1H3,(H,20,24). The van der Waals surface area contributed by atoms with Crippen molar-refractivity contribution in [1.82, 2.24) is 19.8 Å². The average Bonchev–Trinajstić information content (AvgIpc) is 3.40. The molecule has 1 aromatic carbocycles. The molecule has 4 rings (SSSR count). The number of amides is 1. The van der Waals surface area contributed by atoms with Crippen LogP contribution in [-0.2, 0) is 14.8 Å². The average molecular weight is 437 g/mol. The number of hydrogen-bond donors (Lipinski definition) is 1. The van der Waals surface area contributed by atoms with Crippen molar-refractivity contribution in [3.05, 3.63) is 24.3 Å². The van der Waals surface area contributed by atoms with Crippen LogP contribution in [-0.4, -0.2) is 53.7 Å². The molecule has 2 fully saturated rings. The molecule has 1 aliphatic heterocycles. The largest absolute Gasteiger partial charge is 0.411 e. The topological polar surface area (TPSA) is 105 Å². The van der Waals surface area contributed by atoms with E-state index in [0.717, 1.165) is 25.7 Å². The highest BCUT2D eigenvalue weighted by Gasteiger charge is 2.28. The lowest BCUT2D eigenvalue weighted by Gasteiger charge is -2.29. The predicted molar refractivity (Wildman–Crippen MR) is 109 cm³/mol. The highest BCUT2D eigenvalue weighted by Crippen LogP contribution is 2.27. The Morgan fingerprint density at radius 2 is 1.86 bits per heavy atom. The van der Waals surface area contributed by atoms with Gasteiger partial charge in [-0.25, -0.2) is 8.42 Å². The molecule has 0 radical (unpaired) electrons. The van der Waals surface area contributed by atoms with Gasteiger partial charge in [-0.3, -0.25) is 4.79 Å². The molecule has 2 heterocycles. The number of aromatic nitrogens is 2. The van der Waals surface area contributed by atoms with Crippen molar-refractivity contribution in [2.75, 3.05) is 18.8 Å². The Morgan fingerprint density at radius 3 is 2.52 bits per heavy atom. The third-order valence-corrected chi connectivity index (χ3v) is 7.89. The first-order valence-electron chi connectivity index (χ1n) is 9.78. The van der Waals surface area contributed by atoms with Gasteiger partial charge in [-0.05, 0) is 55.9 Å². The van der Waals surface area contributed by atoms with E-state index in [1.807, 2.05) is 0 Å². The molecule has 1 amide bonds. The second-order valence-corrected chi connectivity index (χ2v) is 10.5. The van der Waals surface area contributed by atoms with Gasteiger partial charge in [0.2, 0.25) is 21.8 Å². The van der Waals surface area contributed by atoms with E-state index in [1.165, 1.54) is 11.8 Å². The highest BCUT2D eigenvalue weighted by molar-refractivity contribution is 7.99. The summed E-state index contributed by atoms with van der Waals surface area (Å²) in [5.41, 5.74) is 0.637. The molecule has 1 saturated heterocycles. The Bertz CT molecular complexity index is 962. The van der Waals surface area contributed by atoms with Crippen LogP contribution in [0.4, 0.5) is 0 Å². The third kappa shape index (κ3) is 4.99. The Morgan fingerprint density at radius 1 is 1.17 bits per heavy atom. The van der Waals surface area contributed by atoms with E-state index >= 15 is 0 Å². The molecular formula is C19H24N4O4S2. The number of benzene rings is 1. The summed E-state index contributed by atoms with van der Waals surface area (Å²) in [5.74, 6) is 1.04. The van der Waals surface area contributed by atoms with E-state index in [1.54, 1.807) is 28.6 Å². The van der Waals surface area contributed by atoms with Crippen molar-refractivity contribution < 1.29 is 17.6 Å². The van der Waals surface area contributed by atoms with Gasteiger partial charge in [0.05, 0.1) is 10.6 Å². The quantitative estimate of drug-likeness (QED) is 0.665. The fourth-order valence-corrected chi connectivity index (χ4v) is 5.20. The highest BCUT2D eigenvalue weighted by atomic mass is 32.2. The van der Waals surface area contributed by atoms with Crippen molar-refractivity contribution in [2.45, 2.75) is 48.8 Å². The van der Waals surface area contributed by atoms with Gasteiger partial charge in [0, 0.05) is 24.7 Å². The normalized spacial score (nSPS) is 18.7. The fourth-order valence-electron chi connectivity index (χ4n) is 3.15. The van der Waals surface area contributed by atoms with Gasteiger partial charge in [-0.1, -0.05) is 18.7 Å². The van der Waals surface area contributed by atoms with Gasteiger partial charge in [0.15, 0.2) is 0 Å². The summed E-state index contributed by atoms with van der Waals surface area (Å²) < 4.78 is 32.8. The number of piperidine rings is 1. The first-order chi connectivity index (χ1) is 13.9. The summed E-state index contributed by atoms with van der Waals surface area (Å²) in [7, 11) is -3.48. The van der Waals surface area contributed by atoms with Gasteiger partial charge < -0.3 is 9.73 Å². The molecule has 1 saturated carbocycles. The van der Waals surface area contributed by atoms with Gasteiger partial charge in [0.25, 0.3) is 5.22 Å². The predicted octanol–water partition coefficient (Wildman–Crippen LogP) is 2.53. The smallest absolute Gasteiger partial charge is 0.277 e. The van der Waals surface area contributed by atoms with Crippen LogP contribution < -0.4 is 5.32 Å². The van der Waals surface area contributed by atoms with Crippen molar-refractivity contribution in [3.8, 4) is 11.5 Å². The zero-order valence-electron chi connectivity index (χ0n) is 16.2. The van der Waals surface area contributed by atoms with Crippen LogP contribution in [0.1, 0.15) is 32.6 Å². The number of sulfonamides is 1. The van der Waals surface area contributed by atoms with Crippen LogP contribution >= 0.6 is 11.8 Å². The summed E-state index contributed by atoms with van der Waals surface area (Å²) in [5, 5.41) is 11.2. The molecule has 1 aromatic heterocycles. The fraction of sp³-hybridized carbons (Fsp3) is 0.526. The van der Waals surface area contributed by atoms with Gasteiger partial charge in [0.1, 0.15) is 0 Å². The Labute approximate surface area is 174 Å². The van der Waals surface area contributed by atoms with Crippen molar-refractivity contribution in [2.24, 2.45) is 5.92 Å². The Hall–Kier alpha value is -1.91. The molecule has 156 valence electrons. The van der Waals surface area contributed by atoms with Crippen LogP contribution in [0.5, 0.6) is 0 Å². The summed E-state index contributed by atoms with van der Waals surface area (Å²) >= 11 is 1.19. The van der Waals surface area contributed by atoms with E-state index in [-0.39, 0.29) is 16.6 Å². The minimum absolute atomic E-state index is 0.0427. The lowest BCUT2D eigenvalue weighted by atomic mass is 10.0. The minimum Gasteiger partial charge on any atom is -0.411 e. The Balaban J connectivity index is 1.38. The van der Waals surface area contributed by atoms with Crippen molar-refractivity contribution in [3.63, 3.8) is 0 Å². The van der Waals surface area contributed by atoms with Gasteiger partial charge in [-0.2, -0.15) is 4.31 Å². The number of rotatable bonds is 7. The maximum absolute atomic E-state index is 12.8. The summed E-state index contributed by atoms with van der Waals surface area (Å²) in [4.78, 5) is 12.0. The molecule has 2 aromatic rings. The van der Waals surface area contributed by atoms with Crippen molar-refractivity contribution >= 4 is 27.7 Å². The first kappa shape index (κ1) is 20.4. The monoisotopic (exact) mass is 436 g/mol. The molecule has 1 N–H and O–H groups in total. The summed E-state index contributed by atoms with van der Waals surface area (Å²) in [6.45, 7) is 3.27. The molecule has 8 nitrogen and oxygen atoms in total. The van der Waals surface area contributed by atoms with E-state index in [9.17, 15) is 13.2 Å². The number of carbonyl (C=O) groups excluding carboxylic acids is 1. The lowest BCUT2D eigenvalue weighted by molar-refractivity contribution is -0.118. The maximum atomic E-state index is 12.8. The number of nitrogens with zero attached hydrogens (tertiary/aromatic N) is 3. The lowest BCUT2D eigenvalue weighted by Crippen LogP contribution is -2.37. The molecule has 10 heteroatoms. The van der Waals surface area contributed by atoms with E-state index in [4.69, 9.17) is 4.42 Å². The number of thioether (sulfide) groups is 1. The summed E-state index contributed by atoms with van der Waals surface area (Å²) in [6.07, 6.45) is 3.87. The van der Waals surface area contributed by atoms with Crippen LogP contribution in [0.15, 0.2) is 38.8 Å². The molecule has 1 aliphatic carbocycles.